The van der Waals surface area contributed by atoms with E-state index in [-0.39, 0.29) is 12.1 Å². The van der Waals surface area contributed by atoms with Crippen LogP contribution in [-0.4, -0.2) is 35.7 Å². The van der Waals surface area contributed by atoms with Gasteiger partial charge in [-0.1, -0.05) is 30.3 Å². The van der Waals surface area contributed by atoms with Crippen LogP contribution in [-0.2, 0) is 4.74 Å². The molecule has 5 heteroatoms. The number of nitrogens with one attached hydrogen (secondary N) is 2. The van der Waals surface area contributed by atoms with Crippen LogP contribution in [0.5, 0.6) is 0 Å². The van der Waals surface area contributed by atoms with Gasteiger partial charge in [0, 0.05) is 25.0 Å². The zero-order valence-electron chi connectivity index (χ0n) is 13.5. The number of piperidine rings is 1. The molecule has 2 fully saturated rings. The van der Waals surface area contributed by atoms with Crippen molar-refractivity contribution in [3.8, 4) is 0 Å². The third kappa shape index (κ3) is 3.25. The largest absolute Gasteiger partial charge is 0.444 e. The van der Waals surface area contributed by atoms with E-state index >= 15 is 0 Å². The van der Waals surface area contributed by atoms with Crippen LogP contribution in [0.15, 0.2) is 30.3 Å². The Balaban J connectivity index is 1.70. The Morgan fingerprint density at radius 1 is 1.23 bits per heavy atom. The second-order valence-electron chi connectivity index (χ2n) is 7.16. The molecule has 2 aliphatic rings. The first kappa shape index (κ1) is 15.3. The maximum atomic E-state index is 12.3. The zero-order chi connectivity index (χ0) is 15.7. The monoisotopic (exact) mass is 303 g/mol. The van der Waals surface area contributed by atoms with Crippen molar-refractivity contribution < 1.29 is 9.53 Å². The standard InChI is InChI=1S/C17H25N3O2/c1-17(2,3)22-16(21)20-10-9-14-13(11-20)15(19-18-14)12-7-5-4-6-8-12/h4-8,13-15,18-19H,9-11H2,1-3H3. The Morgan fingerprint density at radius 2 is 1.95 bits per heavy atom. The lowest BCUT2D eigenvalue weighted by Crippen LogP contribution is -2.49. The third-order valence-electron chi connectivity index (χ3n) is 4.32. The van der Waals surface area contributed by atoms with Crippen LogP contribution in [0.2, 0.25) is 0 Å². The van der Waals surface area contributed by atoms with Crippen molar-refractivity contribution in [2.75, 3.05) is 13.1 Å². The molecule has 0 aromatic heterocycles. The number of carbonyl (C=O) groups is 1. The topological polar surface area (TPSA) is 53.6 Å². The summed E-state index contributed by atoms with van der Waals surface area (Å²) in [5.41, 5.74) is 7.59. The Kier molecular flexibility index (Phi) is 4.10. The molecule has 5 nitrogen and oxygen atoms in total. The normalized spacial score (nSPS) is 28.3. The van der Waals surface area contributed by atoms with Crippen molar-refractivity contribution >= 4 is 6.09 Å². The molecule has 3 unspecified atom stereocenters. The molecule has 22 heavy (non-hydrogen) atoms. The summed E-state index contributed by atoms with van der Waals surface area (Å²) in [4.78, 5) is 14.2. The average Bonchev–Trinajstić information content (AvgIpc) is 2.89. The van der Waals surface area contributed by atoms with Crippen molar-refractivity contribution in [3.63, 3.8) is 0 Å². The van der Waals surface area contributed by atoms with Crippen molar-refractivity contribution in [1.82, 2.24) is 15.8 Å². The highest BCUT2D eigenvalue weighted by molar-refractivity contribution is 5.68. The third-order valence-corrected chi connectivity index (χ3v) is 4.32. The summed E-state index contributed by atoms with van der Waals surface area (Å²) in [5, 5.41) is 0. The molecule has 1 aromatic rings. The van der Waals surface area contributed by atoms with Crippen LogP contribution in [0.25, 0.3) is 0 Å². The number of hydrazine groups is 1. The maximum absolute atomic E-state index is 12.3. The molecule has 0 bridgehead atoms. The van der Waals surface area contributed by atoms with Gasteiger partial charge in [0.1, 0.15) is 5.60 Å². The van der Waals surface area contributed by atoms with Gasteiger partial charge in [0.2, 0.25) is 0 Å². The van der Waals surface area contributed by atoms with E-state index in [1.54, 1.807) is 0 Å². The van der Waals surface area contributed by atoms with Crippen LogP contribution in [0, 0.1) is 5.92 Å². The lowest BCUT2D eigenvalue weighted by atomic mass is 9.85. The molecular weight excluding hydrogens is 278 g/mol. The molecule has 1 aromatic carbocycles. The van der Waals surface area contributed by atoms with Crippen LogP contribution in [0.1, 0.15) is 38.8 Å². The van der Waals surface area contributed by atoms with Crippen molar-refractivity contribution in [3.05, 3.63) is 35.9 Å². The van der Waals surface area contributed by atoms with E-state index in [0.29, 0.717) is 12.0 Å². The van der Waals surface area contributed by atoms with E-state index in [1.165, 1.54) is 5.56 Å². The number of carbonyl (C=O) groups excluding carboxylic acids is 1. The number of likely N-dealkylation sites (tertiary alicyclic amines) is 1. The fraction of sp³-hybridized carbons (Fsp3) is 0.588. The van der Waals surface area contributed by atoms with Crippen LogP contribution < -0.4 is 10.9 Å². The smallest absolute Gasteiger partial charge is 0.410 e. The second kappa shape index (κ2) is 5.89. The van der Waals surface area contributed by atoms with E-state index in [4.69, 9.17) is 4.74 Å². The molecule has 120 valence electrons. The molecule has 3 rings (SSSR count). The molecule has 2 heterocycles. The molecule has 2 N–H and O–H groups in total. The predicted octanol–water partition coefficient (Wildman–Crippen LogP) is 2.46. The number of hydrogen-bond donors (Lipinski definition) is 2. The van der Waals surface area contributed by atoms with Gasteiger partial charge in [-0.3, -0.25) is 5.43 Å². The summed E-state index contributed by atoms with van der Waals surface area (Å²) in [6, 6.07) is 11.0. The minimum atomic E-state index is -0.445. The lowest BCUT2D eigenvalue weighted by molar-refractivity contribution is 0.0149. The molecule has 2 saturated heterocycles. The Bertz CT molecular complexity index is 526. The van der Waals surface area contributed by atoms with Crippen molar-refractivity contribution in [2.45, 2.75) is 44.9 Å². The molecule has 0 aliphatic carbocycles. The summed E-state index contributed by atoms with van der Waals surface area (Å²) in [6.07, 6.45) is 0.741. The molecule has 0 radical (unpaired) electrons. The van der Waals surface area contributed by atoms with Gasteiger partial charge < -0.3 is 9.64 Å². The molecule has 0 saturated carbocycles. The first-order valence-corrected chi connectivity index (χ1v) is 7.98. The molecule has 1 amide bonds. The van der Waals surface area contributed by atoms with Crippen molar-refractivity contribution in [1.29, 1.82) is 0 Å². The second-order valence-corrected chi connectivity index (χ2v) is 7.16. The number of benzene rings is 1. The number of hydrogen-bond acceptors (Lipinski definition) is 4. The number of ether oxygens (including phenoxy) is 1. The highest BCUT2D eigenvalue weighted by Gasteiger charge is 2.42. The first-order chi connectivity index (χ1) is 10.4. The Labute approximate surface area is 132 Å². The average molecular weight is 303 g/mol. The van der Waals surface area contributed by atoms with E-state index in [9.17, 15) is 4.79 Å². The predicted molar refractivity (Wildman–Crippen MR) is 85.2 cm³/mol. The first-order valence-electron chi connectivity index (χ1n) is 7.98. The summed E-state index contributed by atoms with van der Waals surface area (Å²) >= 11 is 0. The van der Waals surface area contributed by atoms with E-state index in [2.05, 4.69) is 35.1 Å². The molecule has 2 aliphatic heterocycles. The minimum absolute atomic E-state index is 0.204. The zero-order valence-corrected chi connectivity index (χ0v) is 13.5. The molecular formula is C17H25N3O2. The quantitative estimate of drug-likeness (QED) is 0.837. The van der Waals surface area contributed by atoms with Gasteiger partial charge in [-0.25, -0.2) is 10.2 Å². The van der Waals surface area contributed by atoms with Gasteiger partial charge in [-0.05, 0) is 32.8 Å². The van der Waals surface area contributed by atoms with E-state index in [1.807, 2.05) is 31.7 Å². The maximum Gasteiger partial charge on any atom is 0.410 e. The van der Waals surface area contributed by atoms with Gasteiger partial charge in [0.05, 0.1) is 6.04 Å². The number of amides is 1. The summed E-state index contributed by atoms with van der Waals surface area (Å²) < 4.78 is 5.51. The van der Waals surface area contributed by atoms with Gasteiger partial charge in [0.15, 0.2) is 0 Å². The van der Waals surface area contributed by atoms with E-state index < -0.39 is 5.60 Å². The van der Waals surface area contributed by atoms with Gasteiger partial charge >= 0.3 is 6.09 Å². The number of nitrogens with zero attached hydrogens (tertiary/aromatic N) is 1. The van der Waals surface area contributed by atoms with Crippen LogP contribution in [0.4, 0.5) is 4.79 Å². The summed E-state index contributed by atoms with van der Waals surface area (Å²) in [6.45, 7) is 7.18. The fourth-order valence-corrected chi connectivity index (χ4v) is 3.29. The van der Waals surface area contributed by atoms with Crippen LogP contribution in [0.3, 0.4) is 0 Å². The Hall–Kier alpha value is -1.59. The van der Waals surface area contributed by atoms with Gasteiger partial charge in [-0.2, -0.15) is 0 Å². The minimum Gasteiger partial charge on any atom is -0.444 e. The van der Waals surface area contributed by atoms with Gasteiger partial charge in [-0.15, -0.1) is 0 Å². The lowest BCUT2D eigenvalue weighted by Gasteiger charge is -2.36. The summed E-state index contributed by atoms with van der Waals surface area (Å²) in [7, 11) is 0. The molecule has 0 spiro atoms. The van der Waals surface area contributed by atoms with Gasteiger partial charge in [0.25, 0.3) is 0 Å². The van der Waals surface area contributed by atoms with Crippen LogP contribution >= 0.6 is 0 Å². The number of fused-ring (bicyclic) bond motifs is 1. The SMILES string of the molecule is CC(C)(C)OC(=O)N1CCC2NNC(c3ccccc3)C2C1. The summed E-state index contributed by atoms with van der Waals surface area (Å²) in [5.74, 6) is 0.365. The highest BCUT2D eigenvalue weighted by Crippen LogP contribution is 2.33. The highest BCUT2D eigenvalue weighted by atomic mass is 16.6. The van der Waals surface area contributed by atoms with Crippen molar-refractivity contribution in [2.24, 2.45) is 5.92 Å². The number of rotatable bonds is 1. The fourth-order valence-electron chi connectivity index (χ4n) is 3.29. The molecule has 3 atom stereocenters. The van der Waals surface area contributed by atoms with E-state index in [0.717, 1.165) is 19.5 Å². The Morgan fingerprint density at radius 3 is 2.64 bits per heavy atom.